The summed E-state index contributed by atoms with van der Waals surface area (Å²) in [6, 6.07) is 0. The lowest BCUT2D eigenvalue weighted by molar-refractivity contribution is 0.489. The molecule has 0 atom stereocenters. The molecule has 0 aromatic carbocycles. The molecule has 0 bridgehead atoms. The molecule has 2 heterocycles. The van der Waals surface area contributed by atoms with Crippen LogP contribution in [-0.2, 0) is 19.4 Å². The van der Waals surface area contributed by atoms with E-state index in [1.807, 2.05) is 11.5 Å². The predicted octanol–water partition coefficient (Wildman–Crippen LogP) is 1.81. The zero-order valence-electron chi connectivity index (χ0n) is 11.8. The van der Waals surface area contributed by atoms with Crippen molar-refractivity contribution in [2.75, 3.05) is 6.54 Å². The van der Waals surface area contributed by atoms with Crippen molar-refractivity contribution in [3.8, 4) is 0 Å². The Morgan fingerprint density at radius 3 is 2.61 bits per heavy atom. The second-order valence-corrected chi connectivity index (χ2v) is 4.75. The predicted molar refractivity (Wildman–Crippen MR) is 74.9 cm³/mol. The highest BCUT2D eigenvalue weighted by Gasteiger charge is 2.15. The first-order valence-corrected chi connectivity index (χ1v) is 6.94. The Hall–Kier alpha value is -1.16. The van der Waals surface area contributed by atoms with Crippen LogP contribution in [-0.4, -0.2) is 16.1 Å². The van der Waals surface area contributed by atoms with Crippen LogP contribution in [0.25, 0.3) is 0 Å². The van der Waals surface area contributed by atoms with Gasteiger partial charge in [0.1, 0.15) is 5.82 Å². The van der Waals surface area contributed by atoms with E-state index in [4.69, 9.17) is 5.73 Å². The van der Waals surface area contributed by atoms with Gasteiger partial charge >= 0.3 is 0 Å². The lowest BCUT2D eigenvalue weighted by Crippen LogP contribution is -2.32. The van der Waals surface area contributed by atoms with E-state index in [0.29, 0.717) is 13.0 Å². The molecule has 2 N–H and O–H groups in total. The van der Waals surface area contributed by atoms with Crippen molar-refractivity contribution in [1.82, 2.24) is 9.55 Å². The fourth-order valence-corrected chi connectivity index (χ4v) is 2.16. The Labute approximate surface area is 109 Å². The van der Waals surface area contributed by atoms with Crippen molar-refractivity contribution in [2.45, 2.75) is 59.4 Å². The Kier molecular flexibility index (Phi) is 6.05. The molecular weight excluding hydrogens is 226 g/mol. The van der Waals surface area contributed by atoms with Gasteiger partial charge in [0, 0.05) is 24.2 Å². The summed E-state index contributed by atoms with van der Waals surface area (Å²) in [6.07, 6.45) is 5.04. The van der Waals surface area contributed by atoms with Crippen LogP contribution >= 0.6 is 0 Å². The van der Waals surface area contributed by atoms with Gasteiger partial charge in [0.25, 0.3) is 5.56 Å². The van der Waals surface area contributed by atoms with Crippen LogP contribution in [0, 0.1) is 6.92 Å². The number of aryl methyl sites for hydroxylation is 2. The van der Waals surface area contributed by atoms with Crippen LogP contribution in [0.1, 0.15) is 50.2 Å². The van der Waals surface area contributed by atoms with Crippen LogP contribution in [0.3, 0.4) is 0 Å². The molecule has 1 aromatic rings. The first kappa shape index (κ1) is 14.9. The van der Waals surface area contributed by atoms with Crippen molar-refractivity contribution < 1.29 is 0 Å². The van der Waals surface area contributed by atoms with Crippen molar-refractivity contribution in [1.29, 1.82) is 0 Å². The van der Waals surface area contributed by atoms with Gasteiger partial charge in [-0.2, -0.15) is 0 Å². The van der Waals surface area contributed by atoms with Crippen LogP contribution in [0.2, 0.25) is 0 Å². The third-order valence-electron chi connectivity index (χ3n) is 2.97. The molecule has 4 nitrogen and oxygen atoms in total. The molecular formula is C14H25N3O. The number of rotatable bonds is 2. The summed E-state index contributed by atoms with van der Waals surface area (Å²) in [4.78, 5) is 16.6. The standard InChI is InChI=1S/C11H17N3O.C3H8/c1-8-9(5-6-12)11(15)14-7-3-2-4-10(14)13-8;1-3-2/h2-7,12H2,1H3;3H2,1-2H3. The summed E-state index contributed by atoms with van der Waals surface area (Å²) in [5, 5.41) is 0. The summed E-state index contributed by atoms with van der Waals surface area (Å²) in [7, 11) is 0. The molecule has 102 valence electrons. The van der Waals surface area contributed by atoms with Gasteiger partial charge in [0.15, 0.2) is 0 Å². The highest BCUT2D eigenvalue weighted by Crippen LogP contribution is 2.12. The molecule has 1 aliphatic rings. The number of nitrogens with two attached hydrogens (primary N) is 1. The summed E-state index contributed by atoms with van der Waals surface area (Å²) in [6.45, 7) is 7.48. The Morgan fingerprint density at radius 1 is 1.33 bits per heavy atom. The Bertz CT molecular complexity index is 437. The van der Waals surface area contributed by atoms with Gasteiger partial charge in [0.2, 0.25) is 0 Å². The molecule has 0 fully saturated rings. The average molecular weight is 251 g/mol. The second kappa shape index (κ2) is 7.31. The molecule has 1 aromatic heterocycles. The number of aromatic nitrogens is 2. The molecule has 0 aliphatic carbocycles. The van der Waals surface area contributed by atoms with Crippen molar-refractivity contribution >= 4 is 0 Å². The number of nitrogens with zero attached hydrogens (tertiary/aromatic N) is 2. The van der Waals surface area contributed by atoms with Gasteiger partial charge in [-0.1, -0.05) is 20.3 Å². The third-order valence-corrected chi connectivity index (χ3v) is 2.97. The number of hydrogen-bond donors (Lipinski definition) is 1. The van der Waals surface area contributed by atoms with E-state index < -0.39 is 0 Å². The molecule has 0 amide bonds. The van der Waals surface area contributed by atoms with Gasteiger partial charge in [-0.05, 0) is 32.7 Å². The number of fused-ring (bicyclic) bond motifs is 1. The van der Waals surface area contributed by atoms with E-state index in [1.54, 1.807) is 0 Å². The van der Waals surface area contributed by atoms with E-state index >= 15 is 0 Å². The Morgan fingerprint density at radius 2 is 2.00 bits per heavy atom. The molecule has 0 saturated heterocycles. The summed E-state index contributed by atoms with van der Waals surface area (Å²) in [5.41, 5.74) is 7.28. The SMILES string of the molecule is CCC.Cc1nc2n(c(=O)c1CCN)CCCC2. The first-order valence-electron chi connectivity index (χ1n) is 6.94. The fraction of sp³-hybridized carbons (Fsp3) is 0.714. The fourth-order valence-electron chi connectivity index (χ4n) is 2.16. The average Bonchev–Trinajstić information content (AvgIpc) is 2.35. The van der Waals surface area contributed by atoms with Crippen molar-refractivity contribution in [3.05, 3.63) is 27.4 Å². The van der Waals surface area contributed by atoms with Gasteiger partial charge in [-0.15, -0.1) is 0 Å². The van der Waals surface area contributed by atoms with E-state index in [-0.39, 0.29) is 5.56 Å². The second-order valence-electron chi connectivity index (χ2n) is 4.75. The maximum absolute atomic E-state index is 12.1. The lowest BCUT2D eigenvalue weighted by Gasteiger charge is -2.19. The van der Waals surface area contributed by atoms with E-state index in [1.165, 1.54) is 6.42 Å². The van der Waals surface area contributed by atoms with Gasteiger partial charge in [-0.3, -0.25) is 9.36 Å². The molecule has 0 unspecified atom stereocenters. The topological polar surface area (TPSA) is 60.9 Å². The lowest BCUT2D eigenvalue weighted by atomic mass is 10.1. The quantitative estimate of drug-likeness (QED) is 0.872. The van der Waals surface area contributed by atoms with Gasteiger partial charge in [0.05, 0.1) is 0 Å². The van der Waals surface area contributed by atoms with E-state index in [2.05, 4.69) is 18.8 Å². The van der Waals surface area contributed by atoms with Crippen LogP contribution < -0.4 is 11.3 Å². The maximum atomic E-state index is 12.1. The molecule has 4 heteroatoms. The molecule has 18 heavy (non-hydrogen) atoms. The highest BCUT2D eigenvalue weighted by atomic mass is 16.1. The number of hydrogen-bond acceptors (Lipinski definition) is 3. The monoisotopic (exact) mass is 251 g/mol. The molecule has 0 saturated carbocycles. The Balaban J connectivity index is 0.000000492. The van der Waals surface area contributed by atoms with Crippen LogP contribution in [0.5, 0.6) is 0 Å². The van der Waals surface area contributed by atoms with Gasteiger partial charge in [-0.25, -0.2) is 4.98 Å². The van der Waals surface area contributed by atoms with Gasteiger partial charge < -0.3 is 5.73 Å². The van der Waals surface area contributed by atoms with E-state index in [9.17, 15) is 4.79 Å². The van der Waals surface area contributed by atoms with Crippen molar-refractivity contribution in [3.63, 3.8) is 0 Å². The zero-order valence-corrected chi connectivity index (χ0v) is 11.8. The highest BCUT2D eigenvalue weighted by molar-refractivity contribution is 5.18. The summed E-state index contributed by atoms with van der Waals surface area (Å²) in [5.74, 6) is 0.949. The maximum Gasteiger partial charge on any atom is 0.256 e. The largest absolute Gasteiger partial charge is 0.330 e. The minimum absolute atomic E-state index is 0.127. The molecule has 2 rings (SSSR count). The smallest absolute Gasteiger partial charge is 0.256 e. The van der Waals surface area contributed by atoms with Crippen LogP contribution in [0.4, 0.5) is 0 Å². The van der Waals surface area contributed by atoms with Crippen molar-refractivity contribution in [2.24, 2.45) is 5.73 Å². The summed E-state index contributed by atoms with van der Waals surface area (Å²) < 4.78 is 1.82. The zero-order chi connectivity index (χ0) is 13.5. The molecule has 1 aliphatic heterocycles. The normalized spacial score (nSPS) is 13.6. The first-order chi connectivity index (χ1) is 8.65. The van der Waals surface area contributed by atoms with E-state index in [0.717, 1.165) is 42.9 Å². The minimum atomic E-state index is 0.127. The minimum Gasteiger partial charge on any atom is -0.330 e. The third kappa shape index (κ3) is 3.42. The molecule has 0 spiro atoms. The summed E-state index contributed by atoms with van der Waals surface area (Å²) >= 11 is 0. The van der Waals surface area contributed by atoms with Crippen LogP contribution in [0.15, 0.2) is 4.79 Å². The molecule has 0 radical (unpaired) electrons.